The number of hydrogen-bond acceptors (Lipinski definition) is 3. The molecule has 0 bridgehead atoms. The highest BCUT2D eigenvalue weighted by Gasteiger charge is 2.31. The number of phenols is 1. The largest absolute Gasteiger partial charge is 0.507 e. The Balaban J connectivity index is 1.06. The fourth-order valence-corrected chi connectivity index (χ4v) is 13.5. The molecule has 0 radical (unpaired) electrons. The summed E-state index contributed by atoms with van der Waals surface area (Å²) in [5.74, 6) is 0.955. The lowest BCUT2D eigenvalue weighted by Gasteiger charge is -2.28. The van der Waals surface area contributed by atoms with Gasteiger partial charge in [0, 0.05) is 61.4 Å². The van der Waals surface area contributed by atoms with Crippen LogP contribution in [0.3, 0.4) is 0 Å². The third kappa shape index (κ3) is 8.85. The monoisotopic (exact) mass is 1090 g/mol. The Bertz CT molecular complexity index is 4660. The molecule has 9 aromatic carbocycles. The van der Waals surface area contributed by atoms with E-state index in [0.29, 0.717) is 11.4 Å². The van der Waals surface area contributed by atoms with E-state index in [0.717, 1.165) is 94.5 Å². The Morgan fingerprint density at radius 2 is 1.02 bits per heavy atom. The molecule has 0 saturated carbocycles. The maximum atomic E-state index is 12.8. The van der Waals surface area contributed by atoms with Gasteiger partial charge in [0.1, 0.15) is 11.6 Å². The molecule has 6 nitrogen and oxygen atoms in total. The molecule has 0 amide bonds. The van der Waals surface area contributed by atoms with Gasteiger partial charge in [0.15, 0.2) is 0 Å². The zero-order valence-electron chi connectivity index (χ0n) is 49.3. The van der Waals surface area contributed by atoms with Crippen LogP contribution in [0.15, 0.2) is 206 Å². The summed E-state index contributed by atoms with van der Waals surface area (Å²) in [6, 6.07) is 73.1. The number of pyridine rings is 1. The van der Waals surface area contributed by atoms with E-state index in [1.165, 1.54) is 32.6 Å². The molecule has 0 aliphatic carbocycles. The van der Waals surface area contributed by atoms with Crippen molar-refractivity contribution in [2.75, 3.05) is 0 Å². The van der Waals surface area contributed by atoms with Crippen molar-refractivity contribution in [1.82, 2.24) is 23.7 Å². The lowest BCUT2D eigenvalue weighted by atomic mass is 9.79. The van der Waals surface area contributed by atoms with Crippen molar-refractivity contribution in [2.24, 2.45) is 0 Å². The van der Waals surface area contributed by atoms with Gasteiger partial charge in [-0.2, -0.15) is 0 Å². The zero-order chi connectivity index (χ0) is 57.2. The highest BCUT2D eigenvalue weighted by atomic mass is 28.3. The lowest BCUT2D eigenvalue weighted by molar-refractivity contribution is 0.446. The van der Waals surface area contributed by atoms with Gasteiger partial charge in [-0.25, -0.2) is 4.98 Å². The third-order valence-electron chi connectivity index (χ3n) is 16.8. The Kier molecular flexibility index (Phi) is 12.3. The van der Waals surface area contributed by atoms with Crippen LogP contribution in [0.25, 0.3) is 117 Å². The predicted octanol–water partition coefficient (Wildman–Crippen LogP) is 19.4. The summed E-state index contributed by atoms with van der Waals surface area (Å²) in [4.78, 5) is 11.2. The summed E-state index contributed by atoms with van der Waals surface area (Å²) in [6.45, 7) is 27.4. The van der Waals surface area contributed by atoms with Crippen LogP contribution in [0.4, 0.5) is 0 Å². The molecule has 4 aromatic heterocycles. The lowest BCUT2D eigenvalue weighted by Crippen LogP contribution is -2.37. The van der Waals surface area contributed by atoms with E-state index < -0.39 is 8.07 Å². The van der Waals surface area contributed by atoms with Gasteiger partial charge in [-0.15, -0.1) is 0 Å². The smallest absolute Gasteiger partial charge is 0.149 e. The molecule has 406 valence electrons. The minimum absolute atomic E-state index is 0.205. The number of rotatable bonds is 8. The van der Waals surface area contributed by atoms with Gasteiger partial charge in [0.2, 0.25) is 0 Å². The predicted molar refractivity (Wildman–Crippen MR) is 350 cm³/mol. The SMILES string of the molecule is CC(C)(C)c1cc(-c2cccc3c2nc(-c2cc(C(C)(C)C)cc(C(C)(C)C)c2O)n3-c2ccc([Si](C)(C)C)cc2-c2ccccc2)cc(-c2nccc3c2c2ccccc2n3-c2ccc3c(c2)c2ccccc2n3-c2ccccc2)c1. The standard InChI is InChI=1S/C75H71N5OSi/c1-73(2,3)50-41-48(40-49(42-50)69-68-57-29-20-22-32-63(57)79(66(68)38-39-76-69)53-34-36-65-59(45-53)56-28-19-21-31-62(56)78(65)52-26-17-14-18-27-52)55-30-23-33-67-70(55)77-72(60-43-51(74(4,5)6)44-61(71(60)81)75(7,8)9)80(67)64-37-35-54(82(10,11)12)46-58(64)47-24-15-13-16-25-47/h13-46,81H,1-12H3. The van der Waals surface area contributed by atoms with Crippen LogP contribution in [0.5, 0.6) is 5.75 Å². The number of hydrogen-bond donors (Lipinski definition) is 1. The third-order valence-corrected chi connectivity index (χ3v) is 18.8. The minimum Gasteiger partial charge on any atom is -0.507 e. The van der Waals surface area contributed by atoms with E-state index >= 15 is 0 Å². The number of benzene rings is 9. The molecule has 0 saturated heterocycles. The Morgan fingerprint density at radius 1 is 0.415 bits per heavy atom. The summed E-state index contributed by atoms with van der Waals surface area (Å²) in [7, 11) is -1.76. The zero-order valence-corrected chi connectivity index (χ0v) is 50.3. The second kappa shape index (κ2) is 19.2. The van der Waals surface area contributed by atoms with Crippen molar-refractivity contribution in [3.05, 3.63) is 223 Å². The van der Waals surface area contributed by atoms with Gasteiger partial charge in [0.25, 0.3) is 0 Å². The molecule has 0 unspecified atom stereocenters. The number of phenolic OH excluding ortho intramolecular Hbond substituents is 1. The van der Waals surface area contributed by atoms with Crippen molar-refractivity contribution in [2.45, 2.75) is 98.2 Å². The molecule has 82 heavy (non-hydrogen) atoms. The molecule has 0 atom stereocenters. The van der Waals surface area contributed by atoms with Gasteiger partial charge in [0.05, 0.1) is 58.1 Å². The van der Waals surface area contributed by atoms with Crippen LogP contribution < -0.4 is 5.19 Å². The van der Waals surface area contributed by atoms with Gasteiger partial charge in [-0.3, -0.25) is 9.55 Å². The first-order valence-electron chi connectivity index (χ1n) is 28.9. The summed E-state index contributed by atoms with van der Waals surface area (Å²) in [6.07, 6.45) is 1.98. The molecule has 4 heterocycles. The number of fused-ring (bicyclic) bond motifs is 7. The van der Waals surface area contributed by atoms with Crippen LogP contribution >= 0.6 is 0 Å². The Hall–Kier alpha value is -8.78. The number of nitrogens with zero attached hydrogens (tertiary/aromatic N) is 5. The van der Waals surface area contributed by atoms with E-state index in [2.05, 4.69) is 296 Å². The van der Waals surface area contributed by atoms with E-state index in [4.69, 9.17) is 9.97 Å². The van der Waals surface area contributed by atoms with Crippen molar-refractivity contribution < 1.29 is 5.11 Å². The fraction of sp³-hybridized carbons (Fsp3) is 0.200. The first-order valence-corrected chi connectivity index (χ1v) is 32.4. The first kappa shape index (κ1) is 52.6. The molecule has 0 spiro atoms. The van der Waals surface area contributed by atoms with Crippen LogP contribution in [-0.2, 0) is 16.2 Å². The Labute approximate surface area is 483 Å². The normalized spacial score (nSPS) is 12.7. The molecular weight excluding hydrogens is 1010 g/mol. The number of aromatic hydroxyl groups is 1. The molecule has 7 heteroatoms. The van der Waals surface area contributed by atoms with Crippen LogP contribution in [0, 0.1) is 0 Å². The molecule has 0 fully saturated rings. The summed E-state index contributed by atoms with van der Waals surface area (Å²) >= 11 is 0. The van der Waals surface area contributed by atoms with E-state index in [1.807, 2.05) is 6.20 Å². The number of para-hydroxylation sites is 4. The topological polar surface area (TPSA) is 60.8 Å². The van der Waals surface area contributed by atoms with Crippen LogP contribution in [-0.4, -0.2) is 36.8 Å². The second-order valence-electron chi connectivity index (χ2n) is 26.6. The summed E-state index contributed by atoms with van der Waals surface area (Å²) < 4.78 is 7.12. The minimum atomic E-state index is -1.76. The number of imidazole rings is 1. The maximum Gasteiger partial charge on any atom is 0.149 e. The molecule has 13 aromatic rings. The van der Waals surface area contributed by atoms with E-state index in [9.17, 15) is 5.11 Å². The highest BCUT2D eigenvalue weighted by molar-refractivity contribution is 6.88. The number of aromatic nitrogens is 5. The average molecular weight is 1090 g/mol. The molecule has 13 rings (SSSR count). The quantitative estimate of drug-likeness (QED) is 0.154. The fourth-order valence-electron chi connectivity index (χ4n) is 12.3. The highest BCUT2D eigenvalue weighted by Crippen LogP contribution is 2.47. The first-order chi connectivity index (χ1) is 39.1. The molecule has 0 aliphatic rings. The second-order valence-corrected chi connectivity index (χ2v) is 31.6. The van der Waals surface area contributed by atoms with E-state index in [-0.39, 0.29) is 22.0 Å². The summed E-state index contributed by atoms with van der Waals surface area (Å²) in [5.41, 5.74) is 19.1. The van der Waals surface area contributed by atoms with Crippen molar-refractivity contribution in [3.63, 3.8) is 0 Å². The van der Waals surface area contributed by atoms with Crippen molar-refractivity contribution in [1.29, 1.82) is 0 Å². The molecule has 0 aliphatic heterocycles. The van der Waals surface area contributed by atoms with E-state index in [1.54, 1.807) is 0 Å². The van der Waals surface area contributed by atoms with Crippen molar-refractivity contribution >= 4 is 67.9 Å². The Morgan fingerprint density at radius 3 is 1.72 bits per heavy atom. The average Bonchev–Trinajstić information content (AvgIpc) is 2.53. The molecular formula is C75H71N5OSi. The van der Waals surface area contributed by atoms with Gasteiger partial charge in [-0.05, 0) is 117 Å². The van der Waals surface area contributed by atoms with Crippen molar-refractivity contribution in [3.8, 4) is 67.7 Å². The molecule has 1 N–H and O–H groups in total. The van der Waals surface area contributed by atoms with Crippen LogP contribution in [0.2, 0.25) is 19.6 Å². The van der Waals surface area contributed by atoms with Crippen LogP contribution in [0.1, 0.15) is 79.0 Å². The van der Waals surface area contributed by atoms with Gasteiger partial charge in [-0.1, -0.05) is 208 Å². The summed E-state index contributed by atoms with van der Waals surface area (Å²) in [5, 5.41) is 18.8. The maximum absolute atomic E-state index is 12.8. The van der Waals surface area contributed by atoms with Gasteiger partial charge >= 0.3 is 0 Å². The van der Waals surface area contributed by atoms with Gasteiger partial charge < -0.3 is 14.2 Å².